The van der Waals surface area contributed by atoms with Crippen LogP contribution in [0.2, 0.25) is 18.1 Å². The van der Waals surface area contributed by atoms with Gasteiger partial charge >= 0.3 is 0 Å². The van der Waals surface area contributed by atoms with Gasteiger partial charge in [-0.2, -0.15) is 5.26 Å². The van der Waals surface area contributed by atoms with Crippen LogP contribution in [-0.2, 0) is 11.0 Å². The van der Waals surface area contributed by atoms with Gasteiger partial charge in [0.15, 0.2) is 8.32 Å². The summed E-state index contributed by atoms with van der Waals surface area (Å²) in [7, 11) is -1.77. The third-order valence-electron chi connectivity index (χ3n) is 4.63. The number of H-pyrrole nitrogens is 1. The fourth-order valence-electron chi connectivity index (χ4n) is 2.16. The Morgan fingerprint density at radius 2 is 1.95 bits per heavy atom. The van der Waals surface area contributed by atoms with Crippen molar-refractivity contribution in [3.63, 3.8) is 0 Å². The standard InChI is InChI=1S/C17H24N2OSi/c1-12-10-19-16-14(8-7-13(9-18)15(12)16)11-20-21(5,6)17(2,3)4/h7-8,10,19H,11H2,1-6H3. The number of nitriles is 1. The quantitative estimate of drug-likeness (QED) is 0.822. The number of hydrogen-bond acceptors (Lipinski definition) is 2. The van der Waals surface area contributed by atoms with Crippen LogP contribution >= 0.6 is 0 Å². The molecule has 0 amide bonds. The van der Waals surface area contributed by atoms with E-state index in [0.717, 1.165) is 27.6 Å². The molecule has 1 N–H and O–H groups in total. The van der Waals surface area contributed by atoms with E-state index in [1.807, 2.05) is 25.3 Å². The summed E-state index contributed by atoms with van der Waals surface area (Å²) in [5.74, 6) is 0. The Labute approximate surface area is 128 Å². The fourth-order valence-corrected chi connectivity index (χ4v) is 3.11. The second-order valence-corrected chi connectivity index (χ2v) is 12.0. The second kappa shape index (κ2) is 5.32. The van der Waals surface area contributed by atoms with E-state index in [4.69, 9.17) is 4.43 Å². The fraction of sp³-hybridized carbons (Fsp3) is 0.471. The van der Waals surface area contributed by atoms with E-state index in [9.17, 15) is 5.26 Å². The number of benzene rings is 1. The highest BCUT2D eigenvalue weighted by molar-refractivity contribution is 6.74. The summed E-state index contributed by atoms with van der Waals surface area (Å²) in [5, 5.41) is 10.5. The number of aromatic amines is 1. The Balaban J connectivity index is 2.35. The van der Waals surface area contributed by atoms with E-state index in [2.05, 4.69) is 44.9 Å². The predicted octanol–water partition coefficient (Wildman–Crippen LogP) is 4.87. The van der Waals surface area contributed by atoms with Crippen molar-refractivity contribution < 1.29 is 4.43 Å². The maximum Gasteiger partial charge on any atom is 0.192 e. The van der Waals surface area contributed by atoms with E-state index < -0.39 is 8.32 Å². The first-order valence-electron chi connectivity index (χ1n) is 7.31. The van der Waals surface area contributed by atoms with Gasteiger partial charge < -0.3 is 9.41 Å². The minimum atomic E-state index is -1.77. The van der Waals surface area contributed by atoms with E-state index in [0.29, 0.717) is 6.61 Å². The van der Waals surface area contributed by atoms with E-state index in [-0.39, 0.29) is 5.04 Å². The number of hydrogen-bond donors (Lipinski definition) is 1. The third-order valence-corrected chi connectivity index (χ3v) is 9.11. The number of aryl methyl sites for hydroxylation is 1. The molecule has 1 aromatic heterocycles. The van der Waals surface area contributed by atoms with Crippen LogP contribution in [0, 0.1) is 18.3 Å². The molecule has 1 heterocycles. The minimum absolute atomic E-state index is 0.199. The molecule has 0 bridgehead atoms. The molecular formula is C17H24N2OSi. The number of fused-ring (bicyclic) bond motifs is 1. The van der Waals surface area contributed by atoms with Crippen molar-refractivity contribution in [3.8, 4) is 6.07 Å². The molecule has 4 heteroatoms. The highest BCUT2D eigenvalue weighted by Crippen LogP contribution is 2.37. The topological polar surface area (TPSA) is 48.8 Å². The largest absolute Gasteiger partial charge is 0.412 e. The number of aromatic nitrogens is 1. The normalized spacial score (nSPS) is 12.6. The van der Waals surface area contributed by atoms with E-state index in [1.165, 1.54) is 0 Å². The zero-order valence-corrected chi connectivity index (χ0v) is 14.8. The van der Waals surface area contributed by atoms with Gasteiger partial charge in [-0.05, 0) is 36.7 Å². The Hall–Kier alpha value is -1.57. The summed E-state index contributed by atoms with van der Waals surface area (Å²) in [5.41, 5.74) is 3.99. The molecule has 0 saturated carbocycles. The van der Waals surface area contributed by atoms with Crippen LogP contribution in [-0.4, -0.2) is 13.3 Å². The van der Waals surface area contributed by atoms with Crippen molar-refractivity contribution >= 4 is 19.2 Å². The van der Waals surface area contributed by atoms with Crippen molar-refractivity contribution in [1.29, 1.82) is 5.26 Å². The van der Waals surface area contributed by atoms with Crippen molar-refractivity contribution in [2.24, 2.45) is 0 Å². The molecule has 112 valence electrons. The highest BCUT2D eigenvalue weighted by Gasteiger charge is 2.37. The lowest BCUT2D eigenvalue weighted by Gasteiger charge is -2.36. The van der Waals surface area contributed by atoms with Gasteiger partial charge in [-0.25, -0.2) is 0 Å². The molecule has 1 aromatic carbocycles. The summed E-state index contributed by atoms with van der Waals surface area (Å²) in [6, 6.07) is 6.17. The lowest BCUT2D eigenvalue weighted by atomic mass is 10.0. The van der Waals surface area contributed by atoms with Gasteiger partial charge in [0, 0.05) is 17.1 Å². The predicted molar refractivity (Wildman–Crippen MR) is 89.7 cm³/mol. The van der Waals surface area contributed by atoms with Gasteiger partial charge in [0.1, 0.15) is 0 Å². The molecule has 0 aliphatic rings. The van der Waals surface area contributed by atoms with Crippen LogP contribution in [0.1, 0.15) is 37.5 Å². The van der Waals surface area contributed by atoms with E-state index >= 15 is 0 Å². The monoisotopic (exact) mass is 300 g/mol. The Bertz CT molecular complexity index is 702. The maximum absolute atomic E-state index is 9.25. The minimum Gasteiger partial charge on any atom is -0.412 e. The van der Waals surface area contributed by atoms with Crippen molar-refractivity contribution in [2.45, 2.75) is 52.4 Å². The van der Waals surface area contributed by atoms with Crippen LogP contribution in [0.5, 0.6) is 0 Å². The smallest absolute Gasteiger partial charge is 0.192 e. The molecule has 2 aromatic rings. The number of nitrogens with zero attached hydrogens (tertiary/aromatic N) is 1. The molecule has 0 atom stereocenters. The SMILES string of the molecule is Cc1c[nH]c2c(CO[Si](C)(C)C(C)(C)C)ccc(C#N)c12. The lowest BCUT2D eigenvalue weighted by Crippen LogP contribution is -2.40. The number of rotatable bonds is 3. The zero-order chi connectivity index (χ0) is 15.8. The van der Waals surface area contributed by atoms with Crippen LogP contribution < -0.4 is 0 Å². The van der Waals surface area contributed by atoms with Crippen LogP contribution in [0.15, 0.2) is 18.3 Å². The van der Waals surface area contributed by atoms with Gasteiger partial charge in [-0.3, -0.25) is 0 Å². The molecule has 3 nitrogen and oxygen atoms in total. The molecule has 0 unspecified atom stereocenters. The Morgan fingerprint density at radius 3 is 2.52 bits per heavy atom. The molecule has 0 aliphatic carbocycles. The molecule has 21 heavy (non-hydrogen) atoms. The first-order valence-corrected chi connectivity index (χ1v) is 10.2. The summed E-state index contributed by atoms with van der Waals surface area (Å²) in [6.45, 7) is 13.9. The van der Waals surface area contributed by atoms with Gasteiger partial charge in [-0.15, -0.1) is 0 Å². The van der Waals surface area contributed by atoms with Crippen molar-refractivity contribution in [1.82, 2.24) is 4.98 Å². The Morgan fingerprint density at radius 1 is 1.29 bits per heavy atom. The van der Waals surface area contributed by atoms with E-state index in [1.54, 1.807) is 0 Å². The van der Waals surface area contributed by atoms with Crippen molar-refractivity contribution in [3.05, 3.63) is 35.0 Å². The molecule has 2 rings (SSSR count). The van der Waals surface area contributed by atoms with Crippen molar-refractivity contribution in [2.75, 3.05) is 0 Å². The summed E-state index contributed by atoms with van der Waals surface area (Å²) in [6.07, 6.45) is 1.96. The lowest BCUT2D eigenvalue weighted by molar-refractivity contribution is 0.277. The highest BCUT2D eigenvalue weighted by atomic mass is 28.4. The van der Waals surface area contributed by atoms with Gasteiger partial charge in [-0.1, -0.05) is 26.8 Å². The first kappa shape index (κ1) is 15.8. The Kier molecular flexibility index (Phi) is 4.01. The zero-order valence-electron chi connectivity index (χ0n) is 13.8. The molecule has 0 fully saturated rings. The van der Waals surface area contributed by atoms with Gasteiger partial charge in [0.05, 0.1) is 23.8 Å². The average Bonchev–Trinajstić information content (AvgIpc) is 2.78. The second-order valence-electron chi connectivity index (χ2n) is 7.15. The molecule has 0 saturated heterocycles. The molecule has 0 aliphatic heterocycles. The van der Waals surface area contributed by atoms with Crippen LogP contribution in [0.3, 0.4) is 0 Å². The maximum atomic E-state index is 9.25. The van der Waals surface area contributed by atoms with Crippen LogP contribution in [0.25, 0.3) is 10.9 Å². The van der Waals surface area contributed by atoms with Gasteiger partial charge in [0.25, 0.3) is 0 Å². The summed E-state index contributed by atoms with van der Waals surface area (Å²) in [4.78, 5) is 3.29. The molecule has 0 radical (unpaired) electrons. The average molecular weight is 300 g/mol. The van der Waals surface area contributed by atoms with Crippen LogP contribution in [0.4, 0.5) is 0 Å². The summed E-state index contributed by atoms with van der Waals surface area (Å²) < 4.78 is 6.31. The molecule has 0 spiro atoms. The third kappa shape index (κ3) is 2.90. The first-order chi connectivity index (χ1) is 9.67. The molecular weight excluding hydrogens is 276 g/mol. The van der Waals surface area contributed by atoms with Gasteiger partial charge in [0.2, 0.25) is 0 Å². The number of nitrogens with one attached hydrogen (secondary N) is 1. The summed E-state index contributed by atoms with van der Waals surface area (Å²) >= 11 is 0.